The van der Waals surface area contributed by atoms with Gasteiger partial charge in [-0.1, -0.05) is 23.5 Å². The van der Waals surface area contributed by atoms with Crippen LogP contribution >= 0.6 is 11.3 Å². The molecule has 1 amide bonds. The number of nitrogens with zero attached hydrogens (tertiary/aromatic N) is 3. The van der Waals surface area contributed by atoms with E-state index in [4.69, 9.17) is 10.00 Å². The molecule has 0 saturated heterocycles. The van der Waals surface area contributed by atoms with E-state index < -0.39 is 11.9 Å². The Bertz CT molecular complexity index is 1060. The Hall–Kier alpha value is -3.24. The Morgan fingerprint density at radius 3 is 2.60 bits per heavy atom. The summed E-state index contributed by atoms with van der Waals surface area (Å²) < 4.78 is 7.30. The van der Waals surface area contributed by atoms with Crippen LogP contribution in [-0.2, 0) is 16.1 Å². The second-order valence-electron chi connectivity index (χ2n) is 5.12. The van der Waals surface area contributed by atoms with Crippen molar-refractivity contribution in [2.24, 2.45) is 4.99 Å². The van der Waals surface area contributed by atoms with Crippen LogP contribution in [0, 0.1) is 11.3 Å². The van der Waals surface area contributed by atoms with Crippen molar-refractivity contribution in [1.82, 2.24) is 4.57 Å². The van der Waals surface area contributed by atoms with E-state index in [1.165, 1.54) is 18.4 Å². The molecule has 7 heteroatoms. The molecule has 124 valence electrons. The molecule has 0 N–H and O–H groups in total. The van der Waals surface area contributed by atoms with Gasteiger partial charge in [0.15, 0.2) is 4.80 Å². The summed E-state index contributed by atoms with van der Waals surface area (Å²) in [5.74, 6) is -0.856. The largest absolute Gasteiger partial charge is 0.468 e. The second kappa shape index (κ2) is 7.11. The Morgan fingerprint density at radius 1 is 1.20 bits per heavy atom. The normalized spacial score (nSPS) is 11.3. The molecule has 0 aliphatic heterocycles. The van der Waals surface area contributed by atoms with Crippen molar-refractivity contribution in [3.63, 3.8) is 0 Å². The maximum Gasteiger partial charge on any atom is 0.325 e. The number of benzene rings is 2. The summed E-state index contributed by atoms with van der Waals surface area (Å²) in [6.07, 6.45) is 0. The minimum atomic E-state index is -0.435. The third kappa shape index (κ3) is 3.49. The number of thiazole rings is 1. The van der Waals surface area contributed by atoms with Crippen molar-refractivity contribution in [2.75, 3.05) is 7.11 Å². The standard InChI is InChI=1S/C18H13N3O3S/c1-24-16(22)11-21-14-4-2-3-5-15(14)25-18(21)20-17(23)13-8-6-12(10-19)7-9-13/h2-9H,11H2,1H3. The third-order valence-electron chi connectivity index (χ3n) is 3.56. The van der Waals surface area contributed by atoms with E-state index in [1.807, 2.05) is 30.3 Å². The number of fused-ring (bicyclic) bond motifs is 1. The lowest BCUT2D eigenvalue weighted by molar-refractivity contribution is -0.141. The quantitative estimate of drug-likeness (QED) is 0.679. The Morgan fingerprint density at radius 2 is 1.92 bits per heavy atom. The smallest absolute Gasteiger partial charge is 0.325 e. The first-order chi connectivity index (χ1) is 12.1. The van der Waals surface area contributed by atoms with Crippen LogP contribution in [0.5, 0.6) is 0 Å². The minimum Gasteiger partial charge on any atom is -0.468 e. The molecule has 2 aromatic carbocycles. The van der Waals surface area contributed by atoms with Gasteiger partial charge in [0.1, 0.15) is 6.54 Å². The van der Waals surface area contributed by atoms with Gasteiger partial charge >= 0.3 is 5.97 Å². The molecule has 0 unspecified atom stereocenters. The van der Waals surface area contributed by atoms with Crippen LogP contribution in [0.2, 0.25) is 0 Å². The zero-order valence-electron chi connectivity index (χ0n) is 13.3. The van der Waals surface area contributed by atoms with Crippen LogP contribution in [-0.4, -0.2) is 23.6 Å². The van der Waals surface area contributed by atoms with Gasteiger partial charge in [-0.3, -0.25) is 9.59 Å². The third-order valence-corrected chi connectivity index (χ3v) is 4.62. The molecule has 1 heterocycles. The van der Waals surface area contributed by atoms with E-state index in [0.29, 0.717) is 15.9 Å². The number of esters is 1. The van der Waals surface area contributed by atoms with Crippen LogP contribution in [0.3, 0.4) is 0 Å². The van der Waals surface area contributed by atoms with Crippen LogP contribution < -0.4 is 4.80 Å². The Balaban J connectivity index is 2.08. The van der Waals surface area contributed by atoms with Crippen molar-refractivity contribution >= 4 is 33.4 Å². The molecular formula is C18H13N3O3S. The number of aromatic nitrogens is 1. The van der Waals surface area contributed by atoms with E-state index in [1.54, 1.807) is 28.8 Å². The molecule has 0 radical (unpaired) electrons. The summed E-state index contributed by atoms with van der Waals surface area (Å²) in [4.78, 5) is 28.7. The van der Waals surface area contributed by atoms with Crippen LogP contribution in [0.15, 0.2) is 53.5 Å². The van der Waals surface area contributed by atoms with Crippen LogP contribution in [0.1, 0.15) is 15.9 Å². The van der Waals surface area contributed by atoms with Gasteiger partial charge in [0.25, 0.3) is 5.91 Å². The number of carbonyl (C=O) groups excluding carboxylic acids is 2. The monoisotopic (exact) mass is 351 g/mol. The SMILES string of the molecule is COC(=O)Cn1c(=NC(=O)c2ccc(C#N)cc2)sc2ccccc21. The van der Waals surface area contributed by atoms with Gasteiger partial charge in [0, 0.05) is 5.56 Å². The number of carbonyl (C=O) groups is 2. The van der Waals surface area contributed by atoms with Crippen molar-refractivity contribution < 1.29 is 14.3 Å². The maximum atomic E-state index is 12.4. The summed E-state index contributed by atoms with van der Waals surface area (Å²) in [5, 5.41) is 8.82. The second-order valence-corrected chi connectivity index (χ2v) is 6.13. The number of para-hydroxylation sites is 1. The van der Waals surface area contributed by atoms with E-state index in [9.17, 15) is 9.59 Å². The topological polar surface area (TPSA) is 84.5 Å². The summed E-state index contributed by atoms with van der Waals surface area (Å²) in [5.41, 5.74) is 1.66. The molecule has 0 aliphatic rings. The van der Waals surface area contributed by atoms with Gasteiger partial charge in [0.05, 0.1) is 29.0 Å². The summed E-state index contributed by atoms with van der Waals surface area (Å²) >= 11 is 1.32. The molecule has 1 aromatic heterocycles. The lowest BCUT2D eigenvalue weighted by atomic mass is 10.1. The highest BCUT2D eigenvalue weighted by molar-refractivity contribution is 7.16. The summed E-state index contributed by atoms with van der Waals surface area (Å²) in [7, 11) is 1.32. The molecule has 0 bridgehead atoms. The molecule has 0 spiro atoms. The number of ether oxygens (including phenoxy) is 1. The molecule has 0 aliphatic carbocycles. The lowest BCUT2D eigenvalue weighted by Gasteiger charge is -2.03. The number of nitriles is 1. The van der Waals surface area contributed by atoms with Crippen molar-refractivity contribution in [3.8, 4) is 6.07 Å². The highest BCUT2D eigenvalue weighted by atomic mass is 32.1. The maximum absolute atomic E-state index is 12.4. The van der Waals surface area contributed by atoms with E-state index in [-0.39, 0.29) is 6.54 Å². The number of amides is 1. The zero-order chi connectivity index (χ0) is 17.8. The van der Waals surface area contributed by atoms with Gasteiger partial charge < -0.3 is 9.30 Å². The minimum absolute atomic E-state index is 0.0278. The first-order valence-corrected chi connectivity index (χ1v) is 8.18. The van der Waals surface area contributed by atoms with Gasteiger partial charge in [-0.15, -0.1) is 0 Å². The average molecular weight is 351 g/mol. The molecule has 3 rings (SSSR count). The number of hydrogen-bond donors (Lipinski definition) is 0. The fourth-order valence-corrected chi connectivity index (χ4v) is 3.32. The predicted molar refractivity (Wildman–Crippen MR) is 92.9 cm³/mol. The van der Waals surface area contributed by atoms with Crippen LogP contribution in [0.4, 0.5) is 0 Å². The molecule has 0 atom stereocenters. The number of hydrogen-bond acceptors (Lipinski definition) is 5. The average Bonchev–Trinajstić information content (AvgIpc) is 2.98. The van der Waals surface area contributed by atoms with E-state index >= 15 is 0 Å². The number of rotatable bonds is 3. The van der Waals surface area contributed by atoms with E-state index in [0.717, 1.165) is 10.2 Å². The molecule has 6 nitrogen and oxygen atoms in total. The molecular weight excluding hydrogens is 338 g/mol. The Labute approximate surface area is 147 Å². The predicted octanol–water partition coefficient (Wildman–Crippen LogP) is 2.49. The van der Waals surface area contributed by atoms with Gasteiger partial charge in [-0.2, -0.15) is 10.3 Å². The molecule has 3 aromatic rings. The molecule has 0 saturated carbocycles. The highest BCUT2D eigenvalue weighted by Crippen LogP contribution is 2.17. The number of methoxy groups -OCH3 is 1. The summed E-state index contributed by atoms with van der Waals surface area (Å²) in [6.45, 7) is -0.0278. The fraction of sp³-hybridized carbons (Fsp3) is 0.111. The van der Waals surface area contributed by atoms with Gasteiger partial charge in [-0.05, 0) is 36.4 Å². The van der Waals surface area contributed by atoms with Crippen molar-refractivity contribution in [2.45, 2.75) is 6.54 Å². The fourth-order valence-electron chi connectivity index (χ4n) is 2.29. The van der Waals surface area contributed by atoms with Crippen LogP contribution in [0.25, 0.3) is 10.2 Å². The molecule has 25 heavy (non-hydrogen) atoms. The Kier molecular flexibility index (Phi) is 4.73. The van der Waals surface area contributed by atoms with E-state index in [2.05, 4.69) is 4.99 Å². The van der Waals surface area contributed by atoms with Crippen molar-refractivity contribution in [3.05, 3.63) is 64.5 Å². The first kappa shape index (κ1) is 16.6. The highest BCUT2D eigenvalue weighted by Gasteiger charge is 2.12. The zero-order valence-corrected chi connectivity index (χ0v) is 14.1. The van der Waals surface area contributed by atoms with Gasteiger partial charge in [-0.25, -0.2) is 0 Å². The lowest BCUT2D eigenvalue weighted by Crippen LogP contribution is -2.22. The van der Waals surface area contributed by atoms with Gasteiger partial charge in [0.2, 0.25) is 0 Å². The summed E-state index contributed by atoms with van der Waals surface area (Å²) in [6, 6.07) is 15.8. The molecule has 0 fully saturated rings. The first-order valence-electron chi connectivity index (χ1n) is 7.37. The van der Waals surface area contributed by atoms with Crippen molar-refractivity contribution in [1.29, 1.82) is 5.26 Å².